The molecule has 0 spiro atoms. The van der Waals surface area contributed by atoms with E-state index in [1.165, 1.54) is 46.3 Å². The van der Waals surface area contributed by atoms with Crippen molar-refractivity contribution in [3.8, 4) is 12.0 Å². The SMILES string of the molecule is COc1nc(NCCOC2CCCCC2)nc(OC)n1. The van der Waals surface area contributed by atoms with Gasteiger partial charge in [-0.15, -0.1) is 4.98 Å². The Kier molecular flexibility index (Phi) is 5.79. The van der Waals surface area contributed by atoms with Crippen molar-refractivity contribution in [2.45, 2.75) is 38.2 Å². The lowest BCUT2D eigenvalue weighted by Gasteiger charge is -2.21. The molecule has 0 aliphatic heterocycles. The van der Waals surface area contributed by atoms with Gasteiger partial charge in [-0.25, -0.2) is 0 Å². The second-order valence-electron chi connectivity index (χ2n) is 4.69. The van der Waals surface area contributed by atoms with Crippen LogP contribution in [0, 0.1) is 0 Å². The Morgan fingerprint density at radius 3 is 2.25 bits per heavy atom. The molecule has 1 aromatic rings. The van der Waals surface area contributed by atoms with Crippen molar-refractivity contribution < 1.29 is 14.2 Å². The Balaban J connectivity index is 1.75. The van der Waals surface area contributed by atoms with Gasteiger partial charge in [-0.2, -0.15) is 9.97 Å². The first kappa shape index (κ1) is 14.8. The first-order chi connectivity index (χ1) is 9.81. The molecule has 0 saturated heterocycles. The van der Waals surface area contributed by atoms with Crippen molar-refractivity contribution in [3.63, 3.8) is 0 Å². The van der Waals surface area contributed by atoms with E-state index in [1.807, 2.05) is 0 Å². The largest absolute Gasteiger partial charge is 0.467 e. The van der Waals surface area contributed by atoms with Crippen LogP contribution >= 0.6 is 0 Å². The van der Waals surface area contributed by atoms with E-state index < -0.39 is 0 Å². The van der Waals surface area contributed by atoms with Crippen LogP contribution in [0.4, 0.5) is 5.95 Å². The van der Waals surface area contributed by atoms with Crippen LogP contribution < -0.4 is 14.8 Å². The highest BCUT2D eigenvalue weighted by molar-refractivity contribution is 5.27. The fourth-order valence-electron chi connectivity index (χ4n) is 2.22. The number of nitrogens with one attached hydrogen (secondary N) is 1. The van der Waals surface area contributed by atoms with Crippen LogP contribution in [-0.4, -0.2) is 48.4 Å². The molecule has 0 aromatic carbocycles. The molecule has 1 heterocycles. The minimum Gasteiger partial charge on any atom is -0.467 e. The molecular weight excluding hydrogens is 260 g/mol. The maximum Gasteiger partial charge on any atom is 0.324 e. The first-order valence-corrected chi connectivity index (χ1v) is 7.01. The Hall–Kier alpha value is -1.63. The summed E-state index contributed by atoms with van der Waals surface area (Å²) in [7, 11) is 3.01. The second-order valence-corrected chi connectivity index (χ2v) is 4.69. The zero-order chi connectivity index (χ0) is 14.2. The first-order valence-electron chi connectivity index (χ1n) is 7.01. The summed E-state index contributed by atoms with van der Waals surface area (Å²) in [6.07, 6.45) is 6.65. The molecule has 0 radical (unpaired) electrons. The molecule has 1 N–H and O–H groups in total. The summed E-state index contributed by atoms with van der Waals surface area (Å²) in [5.41, 5.74) is 0. The van der Waals surface area contributed by atoms with E-state index >= 15 is 0 Å². The Bertz CT molecular complexity index is 388. The van der Waals surface area contributed by atoms with Crippen LogP contribution in [0.1, 0.15) is 32.1 Å². The van der Waals surface area contributed by atoms with E-state index in [9.17, 15) is 0 Å². The van der Waals surface area contributed by atoms with Crippen molar-refractivity contribution in [1.82, 2.24) is 15.0 Å². The van der Waals surface area contributed by atoms with Gasteiger partial charge in [-0.1, -0.05) is 19.3 Å². The quantitative estimate of drug-likeness (QED) is 0.762. The summed E-state index contributed by atoms with van der Waals surface area (Å²) in [5, 5.41) is 3.09. The van der Waals surface area contributed by atoms with Gasteiger partial charge in [-0.05, 0) is 12.8 Å². The molecule has 1 saturated carbocycles. The zero-order valence-corrected chi connectivity index (χ0v) is 12.1. The van der Waals surface area contributed by atoms with Gasteiger partial charge in [0.15, 0.2) is 0 Å². The smallest absolute Gasteiger partial charge is 0.324 e. The third-order valence-electron chi connectivity index (χ3n) is 3.25. The van der Waals surface area contributed by atoms with E-state index in [0.717, 1.165) is 0 Å². The van der Waals surface area contributed by atoms with Crippen molar-refractivity contribution in [1.29, 1.82) is 0 Å². The minimum absolute atomic E-state index is 0.229. The number of rotatable bonds is 7. The zero-order valence-electron chi connectivity index (χ0n) is 12.1. The minimum atomic E-state index is 0.229. The maximum atomic E-state index is 5.82. The maximum absolute atomic E-state index is 5.82. The molecular formula is C13H22N4O3. The van der Waals surface area contributed by atoms with Crippen molar-refractivity contribution in [3.05, 3.63) is 0 Å². The van der Waals surface area contributed by atoms with Crippen molar-refractivity contribution >= 4 is 5.95 Å². The fourth-order valence-corrected chi connectivity index (χ4v) is 2.22. The molecule has 112 valence electrons. The molecule has 0 unspecified atom stereocenters. The van der Waals surface area contributed by atoms with Crippen LogP contribution in [0.25, 0.3) is 0 Å². The van der Waals surface area contributed by atoms with Gasteiger partial charge in [0, 0.05) is 6.54 Å². The third kappa shape index (κ3) is 4.48. The molecule has 1 aliphatic rings. The normalized spacial score (nSPS) is 15.9. The number of hydrogen-bond acceptors (Lipinski definition) is 7. The highest BCUT2D eigenvalue weighted by Gasteiger charge is 2.13. The van der Waals surface area contributed by atoms with Crippen LogP contribution in [0.15, 0.2) is 0 Å². The van der Waals surface area contributed by atoms with E-state index in [1.54, 1.807) is 0 Å². The standard InChI is InChI=1S/C13H22N4O3/c1-18-12-15-11(16-13(17-12)19-2)14-8-9-20-10-6-4-3-5-7-10/h10H,3-9H2,1-2H3,(H,14,15,16,17). The van der Waals surface area contributed by atoms with E-state index in [-0.39, 0.29) is 12.0 Å². The predicted octanol–water partition coefficient (Wildman–Crippen LogP) is 1.65. The Morgan fingerprint density at radius 1 is 1.00 bits per heavy atom. The predicted molar refractivity (Wildman–Crippen MR) is 74.2 cm³/mol. The summed E-state index contributed by atoms with van der Waals surface area (Å²) in [5.74, 6) is 0.431. The lowest BCUT2D eigenvalue weighted by atomic mass is 9.98. The van der Waals surface area contributed by atoms with Crippen LogP contribution in [0.5, 0.6) is 12.0 Å². The van der Waals surface area contributed by atoms with Crippen LogP contribution in [0.3, 0.4) is 0 Å². The third-order valence-corrected chi connectivity index (χ3v) is 3.25. The number of anilines is 1. The molecule has 0 bridgehead atoms. The van der Waals surface area contributed by atoms with Gasteiger partial charge in [0.25, 0.3) is 0 Å². The molecule has 1 aliphatic carbocycles. The van der Waals surface area contributed by atoms with E-state index in [0.29, 0.717) is 25.2 Å². The Labute approximate surface area is 119 Å². The number of nitrogens with zero attached hydrogens (tertiary/aromatic N) is 3. The summed E-state index contributed by atoms with van der Waals surface area (Å²) in [6.45, 7) is 1.29. The van der Waals surface area contributed by atoms with Gasteiger partial charge >= 0.3 is 12.0 Å². The number of ether oxygens (including phenoxy) is 3. The molecule has 7 heteroatoms. The number of methoxy groups -OCH3 is 2. The highest BCUT2D eigenvalue weighted by Crippen LogP contribution is 2.20. The highest BCUT2D eigenvalue weighted by atomic mass is 16.5. The van der Waals surface area contributed by atoms with Crippen LogP contribution in [-0.2, 0) is 4.74 Å². The van der Waals surface area contributed by atoms with Crippen molar-refractivity contribution in [2.24, 2.45) is 0 Å². The van der Waals surface area contributed by atoms with Gasteiger partial charge in [0.05, 0.1) is 26.9 Å². The topological polar surface area (TPSA) is 78.4 Å². The lowest BCUT2D eigenvalue weighted by Crippen LogP contribution is -2.21. The average molecular weight is 282 g/mol. The molecule has 20 heavy (non-hydrogen) atoms. The fraction of sp³-hybridized carbons (Fsp3) is 0.769. The van der Waals surface area contributed by atoms with Gasteiger partial charge in [-0.3, -0.25) is 0 Å². The van der Waals surface area contributed by atoms with Gasteiger partial charge < -0.3 is 19.5 Å². The number of hydrogen-bond donors (Lipinski definition) is 1. The summed E-state index contributed by atoms with van der Waals surface area (Å²) < 4.78 is 15.8. The lowest BCUT2D eigenvalue weighted by molar-refractivity contribution is 0.0347. The van der Waals surface area contributed by atoms with Gasteiger partial charge in [0.1, 0.15) is 0 Å². The molecule has 0 atom stereocenters. The molecule has 1 fully saturated rings. The monoisotopic (exact) mass is 282 g/mol. The van der Waals surface area contributed by atoms with Gasteiger partial charge in [0.2, 0.25) is 5.95 Å². The van der Waals surface area contributed by atoms with E-state index in [4.69, 9.17) is 14.2 Å². The summed E-state index contributed by atoms with van der Waals surface area (Å²) in [4.78, 5) is 12.1. The molecule has 0 amide bonds. The van der Waals surface area contributed by atoms with E-state index in [2.05, 4.69) is 20.3 Å². The molecule has 2 rings (SSSR count). The molecule has 1 aromatic heterocycles. The summed E-state index contributed by atoms with van der Waals surface area (Å²) in [6, 6.07) is 0.458. The van der Waals surface area contributed by atoms with Crippen LogP contribution in [0.2, 0.25) is 0 Å². The van der Waals surface area contributed by atoms with Crippen molar-refractivity contribution in [2.75, 3.05) is 32.7 Å². The second kappa shape index (κ2) is 7.84. The summed E-state index contributed by atoms with van der Waals surface area (Å²) >= 11 is 0. The average Bonchev–Trinajstić information content (AvgIpc) is 2.52. The molecule has 7 nitrogen and oxygen atoms in total. The number of aromatic nitrogens is 3. The Morgan fingerprint density at radius 2 is 1.65 bits per heavy atom.